The number of likely N-dealkylation sites (N-methyl/N-ethyl adjacent to an activating group) is 2. The summed E-state index contributed by atoms with van der Waals surface area (Å²) >= 11 is 0. The van der Waals surface area contributed by atoms with Crippen LogP contribution in [0.3, 0.4) is 0 Å². The Morgan fingerprint density at radius 1 is 1.25 bits per heavy atom. The Balaban J connectivity index is 1.64. The normalized spacial score (nSPS) is 17.9. The summed E-state index contributed by atoms with van der Waals surface area (Å²) in [6.07, 6.45) is -0.0648. The number of urea groups is 1. The summed E-state index contributed by atoms with van der Waals surface area (Å²) < 4.78 is 5.74. The summed E-state index contributed by atoms with van der Waals surface area (Å²) in [5.74, 6) is 0.0181. The van der Waals surface area contributed by atoms with E-state index in [4.69, 9.17) is 4.42 Å². The van der Waals surface area contributed by atoms with Crippen LogP contribution < -0.4 is 5.32 Å². The average molecular weight is 329 g/mol. The lowest BCUT2D eigenvalue weighted by Gasteiger charge is -2.15. The fourth-order valence-electron chi connectivity index (χ4n) is 2.90. The molecule has 1 fully saturated rings. The molecule has 1 aromatic carbocycles. The summed E-state index contributed by atoms with van der Waals surface area (Å²) in [5, 5.41) is 3.77. The zero-order valence-electron chi connectivity index (χ0n) is 13.8. The molecule has 24 heavy (non-hydrogen) atoms. The molecule has 0 radical (unpaired) electrons. The van der Waals surface area contributed by atoms with Crippen molar-refractivity contribution >= 4 is 28.8 Å². The van der Waals surface area contributed by atoms with Gasteiger partial charge in [0.25, 0.3) is 5.91 Å². The molecular formula is C17H19N3O4. The van der Waals surface area contributed by atoms with E-state index >= 15 is 0 Å². The Hall–Kier alpha value is -2.83. The van der Waals surface area contributed by atoms with Gasteiger partial charge in [-0.3, -0.25) is 14.5 Å². The van der Waals surface area contributed by atoms with Gasteiger partial charge in [-0.1, -0.05) is 18.2 Å². The largest absolute Gasteiger partial charge is 0.459 e. The van der Waals surface area contributed by atoms with Crippen molar-refractivity contribution in [1.82, 2.24) is 15.1 Å². The quantitative estimate of drug-likeness (QED) is 0.865. The molecule has 2 aromatic rings. The summed E-state index contributed by atoms with van der Waals surface area (Å²) in [6.45, 7) is 2.18. The molecular weight excluding hydrogens is 310 g/mol. The van der Waals surface area contributed by atoms with Crippen LogP contribution in [0, 0.1) is 6.92 Å². The third-order valence-electron chi connectivity index (χ3n) is 4.44. The minimum absolute atomic E-state index is 0.0648. The lowest BCUT2D eigenvalue weighted by atomic mass is 10.1. The van der Waals surface area contributed by atoms with Gasteiger partial charge in [-0.2, -0.15) is 0 Å². The molecule has 1 saturated heterocycles. The highest BCUT2D eigenvalue weighted by Gasteiger charge is 2.41. The molecule has 0 spiro atoms. The molecule has 1 N–H and O–H groups in total. The lowest BCUT2D eigenvalue weighted by Crippen LogP contribution is -2.37. The number of amides is 4. The summed E-state index contributed by atoms with van der Waals surface area (Å²) in [4.78, 5) is 38.1. The smallest absolute Gasteiger partial charge is 0.326 e. The number of imide groups is 1. The molecule has 0 unspecified atom stereocenters. The van der Waals surface area contributed by atoms with Crippen LogP contribution in [0.15, 0.2) is 28.7 Å². The van der Waals surface area contributed by atoms with E-state index in [-0.39, 0.29) is 24.8 Å². The average Bonchev–Trinajstić information content (AvgIpc) is 2.99. The van der Waals surface area contributed by atoms with E-state index in [0.29, 0.717) is 5.76 Å². The van der Waals surface area contributed by atoms with Crippen molar-refractivity contribution in [1.29, 1.82) is 0 Å². The fourth-order valence-corrected chi connectivity index (χ4v) is 2.90. The number of rotatable bonds is 4. The maximum absolute atomic E-state index is 12.1. The second-order valence-corrected chi connectivity index (χ2v) is 5.93. The van der Waals surface area contributed by atoms with Crippen LogP contribution in [-0.2, 0) is 16.1 Å². The molecule has 0 saturated carbocycles. The van der Waals surface area contributed by atoms with Gasteiger partial charge >= 0.3 is 6.03 Å². The molecule has 126 valence electrons. The summed E-state index contributed by atoms with van der Waals surface area (Å²) in [5.41, 5.74) is 1.76. The first-order valence-corrected chi connectivity index (χ1v) is 7.68. The van der Waals surface area contributed by atoms with Crippen LogP contribution in [0.4, 0.5) is 4.79 Å². The second kappa shape index (κ2) is 5.99. The van der Waals surface area contributed by atoms with Crippen molar-refractivity contribution in [2.24, 2.45) is 0 Å². The zero-order valence-corrected chi connectivity index (χ0v) is 13.8. The van der Waals surface area contributed by atoms with E-state index in [1.54, 1.807) is 0 Å². The molecule has 1 aliphatic rings. The summed E-state index contributed by atoms with van der Waals surface area (Å²) in [6, 6.07) is 6.52. The number of nitrogens with one attached hydrogen (secondary N) is 1. The van der Waals surface area contributed by atoms with Gasteiger partial charge in [-0.15, -0.1) is 0 Å². The highest BCUT2D eigenvalue weighted by atomic mass is 16.3. The fraction of sp³-hybridized carbons (Fsp3) is 0.353. The molecule has 3 rings (SSSR count). The third-order valence-corrected chi connectivity index (χ3v) is 4.44. The predicted molar refractivity (Wildman–Crippen MR) is 87.1 cm³/mol. The van der Waals surface area contributed by atoms with Crippen LogP contribution in [0.2, 0.25) is 0 Å². The van der Waals surface area contributed by atoms with E-state index in [1.807, 2.05) is 31.2 Å². The molecule has 7 nitrogen and oxygen atoms in total. The van der Waals surface area contributed by atoms with Crippen LogP contribution in [0.1, 0.15) is 17.7 Å². The lowest BCUT2D eigenvalue weighted by molar-refractivity contribution is -0.131. The first-order valence-electron chi connectivity index (χ1n) is 7.68. The Bertz CT molecular complexity index is 826. The van der Waals surface area contributed by atoms with Gasteiger partial charge in [0, 0.05) is 25.0 Å². The minimum atomic E-state index is -0.751. The van der Waals surface area contributed by atoms with Crippen LogP contribution in [0.25, 0.3) is 11.0 Å². The van der Waals surface area contributed by atoms with Crippen molar-refractivity contribution in [3.63, 3.8) is 0 Å². The minimum Gasteiger partial charge on any atom is -0.459 e. The van der Waals surface area contributed by atoms with Crippen molar-refractivity contribution in [2.45, 2.75) is 25.9 Å². The summed E-state index contributed by atoms with van der Waals surface area (Å²) in [7, 11) is 2.93. The number of nitrogens with zero attached hydrogens (tertiary/aromatic N) is 2. The third kappa shape index (κ3) is 2.62. The predicted octanol–water partition coefficient (Wildman–Crippen LogP) is 1.64. The van der Waals surface area contributed by atoms with Gasteiger partial charge in [0.1, 0.15) is 17.4 Å². The van der Waals surface area contributed by atoms with Gasteiger partial charge in [0.15, 0.2) is 0 Å². The molecule has 7 heteroatoms. The topological polar surface area (TPSA) is 82.9 Å². The Morgan fingerprint density at radius 2 is 1.96 bits per heavy atom. The monoisotopic (exact) mass is 329 g/mol. The second-order valence-electron chi connectivity index (χ2n) is 5.93. The number of aryl methyl sites for hydroxylation is 1. The SMILES string of the molecule is Cc1c(CNC(=O)C[C@H]2C(=O)N(C)C(=O)N2C)oc2ccccc12. The zero-order chi connectivity index (χ0) is 17.4. The number of carbonyl (C=O) groups is 3. The molecule has 1 aliphatic heterocycles. The maximum atomic E-state index is 12.1. The number of carbonyl (C=O) groups excluding carboxylic acids is 3. The Labute approximate surface area is 139 Å². The van der Waals surface area contributed by atoms with Crippen molar-refractivity contribution in [3.05, 3.63) is 35.6 Å². The highest BCUT2D eigenvalue weighted by molar-refractivity contribution is 6.05. The molecule has 4 amide bonds. The number of hydrogen-bond acceptors (Lipinski definition) is 4. The number of benzene rings is 1. The number of para-hydroxylation sites is 1. The number of hydrogen-bond donors (Lipinski definition) is 1. The molecule has 1 aromatic heterocycles. The van der Waals surface area contributed by atoms with Gasteiger partial charge in [0.2, 0.25) is 5.91 Å². The van der Waals surface area contributed by atoms with Crippen LogP contribution >= 0.6 is 0 Å². The number of furan rings is 1. The standard InChI is InChI=1S/C17H19N3O4/c1-10-11-6-4-5-7-13(11)24-14(10)9-18-15(21)8-12-16(22)20(3)17(23)19(12)2/h4-7,12H,8-9H2,1-3H3,(H,18,21)/t12-/m0/s1. The van der Waals surface area contributed by atoms with Crippen molar-refractivity contribution < 1.29 is 18.8 Å². The Kier molecular flexibility index (Phi) is 4.01. The molecule has 1 atom stereocenters. The Morgan fingerprint density at radius 3 is 2.58 bits per heavy atom. The van der Waals surface area contributed by atoms with Crippen LogP contribution in [-0.4, -0.2) is 47.8 Å². The van der Waals surface area contributed by atoms with Crippen molar-refractivity contribution in [3.8, 4) is 0 Å². The molecule has 2 heterocycles. The van der Waals surface area contributed by atoms with Crippen LogP contribution in [0.5, 0.6) is 0 Å². The van der Waals surface area contributed by atoms with Gasteiger partial charge in [0.05, 0.1) is 13.0 Å². The van der Waals surface area contributed by atoms with E-state index < -0.39 is 12.1 Å². The van der Waals surface area contributed by atoms with E-state index in [1.165, 1.54) is 19.0 Å². The van der Waals surface area contributed by atoms with E-state index in [9.17, 15) is 14.4 Å². The maximum Gasteiger partial charge on any atom is 0.326 e. The van der Waals surface area contributed by atoms with Gasteiger partial charge in [-0.25, -0.2) is 4.79 Å². The van der Waals surface area contributed by atoms with Gasteiger partial charge in [-0.05, 0) is 13.0 Å². The number of fused-ring (bicyclic) bond motifs is 1. The first-order chi connectivity index (χ1) is 11.4. The molecule has 0 aliphatic carbocycles. The first kappa shape index (κ1) is 16.0. The van der Waals surface area contributed by atoms with Gasteiger partial charge < -0.3 is 14.6 Å². The van der Waals surface area contributed by atoms with E-state index in [0.717, 1.165) is 21.4 Å². The highest BCUT2D eigenvalue weighted by Crippen LogP contribution is 2.24. The molecule has 0 bridgehead atoms. The van der Waals surface area contributed by atoms with E-state index in [2.05, 4.69) is 5.32 Å². The van der Waals surface area contributed by atoms with Crippen molar-refractivity contribution in [2.75, 3.05) is 14.1 Å².